The third-order valence-electron chi connectivity index (χ3n) is 6.09. The summed E-state index contributed by atoms with van der Waals surface area (Å²) in [5.41, 5.74) is 3.09. The minimum atomic E-state index is -0.246. The Hall–Kier alpha value is -1.89. The van der Waals surface area contributed by atoms with Crippen molar-refractivity contribution in [3.63, 3.8) is 0 Å². The van der Waals surface area contributed by atoms with Gasteiger partial charge in [-0.3, -0.25) is 15.0 Å². The van der Waals surface area contributed by atoms with Gasteiger partial charge in [-0.15, -0.1) is 0 Å². The molecule has 0 unspecified atom stereocenters. The van der Waals surface area contributed by atoms with E-state index >= 15 is 0 Å². The van der Waals surface area contributed by atoms with E-state index in [2.05, 4.69) is 45.4 Å². The number of hydrogen-bond acceptors (Lipinski definition) is 4. The number of imidazole rings is 1. The van der Waals surface area contributed by atoms with Crippen molar-refractivity contribution in [2.45, 2.75) is 51.2 Å². The number of fused-ring (bicyclic) bond motifs is 2. The lowest BCUT2D eigenvalue weighted by atomic mass is 9.78. The third kappa shape index (κ3) is 4.34. The van der Waals surface area contributed by atoms with Crippen molar-refractivity contribution in [1.29, 1.82) is 0 Å². The molecule has 1 fully saturated rings. The lowest BCUT2D eigenvalue weighted by Crippen LogP contribution is -2.61. The van der Waals surface area contributed by atoms with Gasteiger partial charge in [0.1, 0.15) is 0 Å². The number of rotatable bonds is 5. The average molecular weight is 416 g/mol. The predicted molar refractivity (Wildman–Crippen MR) is 115 cm³/mol. The molecule has 1 aromatic heterocycles. The maximum absolute atomic E-state index is 12.8. The molecule has 0 bridgehead atoms. The first-order valence-electron chi connectivity index (χ1n) is 10.5. The minimum Gasteiger partial charge on any atom is -0.354 e. The number of carbonyl (C=O) groups is 1. The van der Waals surface area contributed by atoms with Crippen molar-refractivity contribution in [1.82, 2.24) is 25.5 Å². The minimum absolute atomic E-state index is 0.0804. The molecule has 0 radical (unpaired) electrons. The Kier molecular flexibility index (Phi) is 5.95. The van der Waals surface area contributed by atoms with E-state index in [0.29, 0.717) is 18.9 Å². The van der Waals surface area contributed by atoms with E-state index in [1.54, 1.807) is 6.33 Å². The number of aromatic amines is 1. The second-order valence-electron chi connectivity index (χ2n) is 8.72. The molecule has 1 aromatic carbocycles. The van der Waals surface area contributed by atoms with Crippen LogP contribution in [0.25, 0.3) is 0 Å². The molecule has 29 heavy (non-hydrogen) atoms. The summed E-state index contributed by atoms with van der Waals surface area (Å²) in [6.45, 7) is 7.64. The molecule has 3 heterocycles. The molecule has 0 aliphatic carbocycles. The van der Waals surface area contributed by atoms with Gasteiger partial charge >= 0.3 is 0 Å². The number of likely N-dealkylation sites (tertiary alicyclic amines) is 1. The number of piperidine rings is 1. The largest absolute Gasteiger partial charge is 0.354 e. The first kappa shape index (κ1) is 20.4. The Morgan fingerprint density at radius 2 is 2.10 bits per heavy atom. The second-order valence-corrected chi connectivity index (χ2v) is 9.13. The monoisotopic (exact) mass is 415 g/mol. The van der Waals surface area contributed by atoms with Crippen molar-refractivity contribution in [3.8, 4) is 0 Å². The van der Waals surface area contributed by atoms with Gasteiger partial charge in [-0.05, 0) is 30.4 Å². The summed E-state index contributed by atoms with van der Waals surface area (Å²) in [7, 11) is 0. The van der Waals surface area contributed by atoms with Gasteiger partial charge in [0.05, 0.1) is 23.6 Å². The average Bonchev–Trinajstić information content (AvgIpc) is 3.19. The highest BCUT2D eigenvalue weighted by atomic mass is 35.5. The van der Waals surface area contributed by atoms with Gasteiger partial charge in [-0.2, -0.15) is 0 Å². The molecule has 1 atom stereocenters. The molecule has 0 saturated carbocycles. The molecule has 1 amide bonds. The fraction of sp³-hybridized carbons (Fsp3) is 0.545. The highest BCUT2D eigenvalue weighted by Gasteiger charge is 2.45. The fourth-order valence-corrected chi connectivity index (χ4v) is 4.67. The lowest BCUT2D eigenvalue weighted by molar-refractivity contribution is -0.124. The smallest absolute Gasteiger partial charge is 0.237 e. The van der Waals surface area contributed by atoms with Crippen LogP contribution in [0.1, 0.15) is 43.6 Å². The third-order valence-corrected chi connectivity index (χ3v) is 6.46. The number of amides is 1. The van der Waals surface area contributed by atoms with Gasteiger partial charge in [-0.25, -0.2) is 4.98 Å². The second kappa shape index (κ2) is 8.46. The molecule has 7 heteroatoms. The molecule has 156 valence electrons. The molecule has 6 nitrogen and oxygen atoms in total. The number of carbonyl (C=O) groups excluding carboxylic acids is 1. The number of H-pyrrole nitrogens is 1. The van der Waals surface area contributed by atoms with Crippen molar-refractivity contribution in [3.05, 3.63) is 52.6 Å². The van der Waals surface area contributed by atoms with Crippen LogP contribution in [0.3, 0.4) is 0 Å². The Balaban J connectivity index is 1.46. The van der Waals surface area contributed by atoms with Crippen molar-refractivity contribution >= 4 is 17.5 Å². The summed E-state index contributed by atoms with van der Waals surface area (Å²) in [4.78, 5) is 23.1. The first-order chi connectivity index (χ1) is 14.0. The summed E-state index contributed by atoms with van der Waals surface area (Å²) < 4.78 is 0. The van der Waals surface area contributed by atoms with Gasteiger partial charge in [0.25, 0.3) is 0 Å². The van der Waals surface area contributed by atoms with Crippen LogP contribution < -0.4 is 10.6 Å². The summed E-state index contributed by atoms with van der Waals surface area (Å²) in [6, 6.07) is 7.81. The Labute approximate surface area is 177 Å². The van der Waals surface area contributed by atoms with E-state index in [-0.39, 0.29) is 17.5 Å². The van der Waals surface area contributed by atoms with Gasteiger partial charge in [0.15, 0.2) is 0 Å². The Morgan fingerprint density at radius 1 is 1.34 bits per heavy atom. The SMILES string of the molecule is CC(C)CNC(=O)[C@@H]1Cc2[nH]cnc2C2(CCN(Cc3ccccc3Cl)CC2)N1. The van der Waals surface area contributed by atoms with Crippen LogP contribution in [0.15, 0.2) is 30.6 Å². The summed E-state index contributed by atoms with van der Waals surface area (Å²) in [5.74, 6) is 0.518. The number of halogens is 1. The number of hydrogen-bond donors (Lipinski definition) is 3. The molecule has 2 aromatic rings. The van der Waals surface area contributed by atoms with Crippen molar-refractivity contribution in [2.75, 3.05) is 19.6 Å². The normalized spacial score (nSPS) is 21.3. The van der Waals surface area contributed by atoms with Crippen molar-refractivity contribution < 1.29 is 4.79 Å². The van der Waals surface area contributed by atoms with Crippen LogP contribution in [0.2, 0.25) is 5.02 Å². The number of nitrogens with zero attached hydrogens (tertiary/aromatic N) is 2. The molecule has 3 N–H and O–H groups in total. The van der Waals surface area contributed by atoms with E-state index in [0.717, 1.165) is 54.4 Å². The molecule has 2 aliphatic heterocycles. The van der Waals surface area contributed by atoms with Crippen LogP contribution >= 0.6 is 11.6 Å². The van der Waals surface area contributed by atoms with Crippen LogP contribution in [-0.4, -0.2) is 46.5 Å². The number of benzene rings is 1. The zero-order valence-electron chi connectivity index (χ0n) is 17.2. The van der Waals surface area contributed by atoms with E-state index in [9.17, 15) is 4.79 Å². The van der Waals surface area contributed by atoms with E-state index in [1.807, 2.05) is 18.2 Å². The van der Waals surface area contributed by atoms with Crippen LogP contribution in [-0.2, 0) is 23.3 Å². The maximum atomic E-state index is 12.8. The van der Waals surface area contributed by atoms with E-state index < -0.39 is 0 Å². The topological polar surface area (TPSA) is 73.0 Å². The maximum Gasteiger partial charge on any atom is 0.237 e. The van der Waals surface area contributed by atoms with Gasteiger partial charge in [0, 0.05) is 43.3 Å². The molecule has 4 rings (SSSR count). The highest BCUT2D eigenvalue weighted by Crippen LogP contribution is 2.38. The Bertz CT molecular complexity index is 856. The Morgan fingerprint density at radius 3 is 2.83 bits per heavy atom. The van der Waals surface area contributed by atoms with Crippen LogP contribution in [0.4, 0.5) is 0 Å². The molecule has 2 aliphatic rings. The van der Waals surface area contributed by atoms with E-state index in [4.69, 9.17) is 11.6 Å². The van der Waals surface area contributed by atoms with Crippen LogP contribution in [0, 0.1) is 5.92 Å². The standard InChI is InChI=1S/C22H30ClN5O/c1-15(2)12-24-21(29)19-11-18-20(26-14-25-18)22(27-19)7-9-28(10-8-22)13-16-5-3-4-6-17(16)23/h3-6,14-15,19,27H,7-13H2,1-2H3,(H,24,29)(H,25,26)/t19-/m0/s1. The van der Waals surface area contributed by atoms with Crippen LogP contribution in [0.5, 0.6) is 0 Å². The van der Waals surface area contributed by atoms with Gasteiger partial charge < -0.3 is 10.3 Å². The molecule has 1 saturated heterocycles. The van der Waals surface area contributed by atoms with E-state index in [1.165, 1.54) is 0 Å². The first-order valence-corrected chi connectivity index (χ1v) is 10.9. The molecule has 1 spiro atoms. The summed E-state index contributed by atoms with van der Waals surface area (Å²) >= 11 is 6.35. The van der Waals surface area contributed by atoms with Gasteiger partial charge in [0.2, 0.25) is 5.91 Å². The number of nitrogens with one attached hydrogen (secondary N) is 3. The summed E-state index contributed by atoms with van der Waals surface area (Å²) in [6.07, 6.45) is 4.26. The fourth-order valence-electron chi connectivity index (χ4n) is 4.47. The lowest BCUT2D eigenvalue weighted by Gasteiger charge is -2.46. The summed E-state index contributed by atoms with van der Waals surface area (Å²) in [5, 5.41) is 7.59. The zero-order chi connectivity index (χ0) is 20.4. The predicted octanol–water partition coefficient (Wildman–Crippen LogP) is 2.84. The van der Waals surface area contributed by atoms with Crippen molar-refractivity contribution in [2.24, 2.45) is 5.92 Å². The number of aromatic nitrogens is 2. The molecular formula is C22H30ClN5O. The zero-order valence-corrected chi connectivity index (χ0v) is 17.9. The quantitative estimate of drug-likeness (QED) is 0.702. The highest BCUT2D eigenvalue weighted by molar-refractivity contribution is 6.31. The van der Waals surface area contributed by atoms with Gasteiger partial charge in [-0.1, -0.05) is 43.6 Å². The molecular weight excluding hydrogens is 386 g/mol.